The number of halogens is 1. The SMILES string of the molecule is O=C(NCCc1nnc(SCC2CCCO2)n1-c1ccccc1F)C1CCCCC1. The molecule has 1 aromatic heterocycles. The Balaban J connectivity index is 1.44. The van der Waals surface area contributed by atoms with Gasteiger partial charge in [0.1, 0.15) is 11.6 Å². The van der Waals surface area contributed by atoms with Crippen molar-refractivity contribution in [1.29, 1.82) is 0 Å². The summed E-state index contributed by atoms with van der Waals surface area (Å²) in [5.74, 6) is 1.35. The molecule has 0 radical (unpaired) electrons. The second-order valence-electron chi connectivity index (χ2n) is 8.01. The Morgan fingerprint density at radius 2 is 2.00 bits per heavy atom. The van der Waals surface area contributed by atoms with Gasteiger partial charge < -0.3 is 10.1 Å². The van der Waals surface area contributed by atoms with Crippen molar-refractivity contribution in [3.05, 3.63) is 35.9 Å². The number of aromatic nitrogens is 3. The number of carbonyl (C=O) groups excluding carboxylic acids is 1. The van der Waals surface area contributed by atoms with Crippen LogP contribution >= 0.6 is 11.8 Å². The summed E-state index contributed by atoms with van der Waals surface area (Å²) in [6, 6.07) is 6.66. The van der Waals surface area contributed by atoms with Gasteiger partial charge in [0.25, 0.3) is 0 Å². The van der Waals surface area contributed by atoms with Crippen LogP contribution in [-0.4, -0.2) is 45.7 Å². The quantitative estimate of drug-likeness (QED) is 0.641. The lowest BCUT2D eigenvalue weighted by atomic mass is 9.89. The smallest absolute Gasteiger partial charge is 0.223 e. The molecule has 0 bridgehead atoms. The molecular formula is C22H29FN4O2S. The molecule has 1 aliphatic heterocycles. The van der Waals surface area contributed by atoms with Gasteiger partial charge in [-0.15, -0.1) is 10.2 Å². The van der Waals surface area contributed by atoms with E-state index in [0.717, 1.165) is 50.9 Å². The fourth-order valence-electron chi connectivity index (χ4n) is 4.18. The molecular weight excluding hydrogens is 403 g/mol. The predicted octanol–water partition coefficient (Wildman–Crippen LogP) is 3.92. The summed E-state index contributed by atoms with van der Waals surface area (Å²) in [4.78, 5) is 12.4. The van der Waals surface area contributed by atoms with Gasteiger partial charge in [0.05, 0.1) is 11.8 Å². The monoisotopic (exact) mass is 432 g/mol. The van der Waals surface area contributed by atoms with E-state index in [-0.39, 0.29) is 23.7 Å². The summed E-state index contributed by atoms with van der Waals surface area (Å²) in [5.41, 5.74) is 0.436. The zero-order chi connectivity index (χ0) is 20.8. The molecule has 1 saturated heterocycles. The third-order valence-electron chi connectivity index (χ3n) is 5.84. The van der Waals surface area contributed by atoms with Gasteiger partial charge >= 0.3 is 0 Å². The molecule has 1 aliphatic carbocycles. The number of nitrogens with zero attached hydrogens (tertiary/aromatic N) is 3. The first-order chi connectivity index (χ1) is 14.7. The molecule has 1 amide bonds. The van der Waals surface area contributed by atoms with E-state index in [2.05, 4.69) is 15.5 Å². The fourth-order valence-corrected chi connectivity index (χ4v) is 5.21. The molecule has 1 N–H and O–H groups in total. The first kappa shape index (κ1) is 21.3. The van der Waals surface area contributed by atoms with Gasteiger partial charge in [0, 0.05) is 31.2 Å². The molecule has 162 valence electrons. The number of rotatable bonds is 8. The molecule has 4 rings (SSSR count). The minimum absolute atomic E-state index is 0.125. The third kappa shape index (κ3) is 5.21. The van der Waals surface area contributed by atoms with E-state index < -0.39 is 0 Å². The van der Waals surface area contributed by atoms with Gasteiger partial charge in [0.15, 0.2) is 5.16 Å². The van der Waals surface area contributed by atoms with Crippen molar-refractivity contribution in [2.45, 2.75) is 62.6 Å². The maximum Gasteiger partial charge on any atom is 0.223 e. The minimum Gasteiger partial charge on any atom is -0.377 e. The second-order valence-corrected chi connectivity index (χ2v) is 8.99. The van der Waals surface area contributed by atoms with Crippen LogP contribution in [0.5, 0.6) is 0 Å². The van der Waals surface area contributed by atoms with E-state index >= 15 is 0 Å². The summed E-state index contributed by atoms with van der Waals surface area (Å²) in [6.45, 7) is 1.27. The lowest BCUT2D eigenvalue weighted by Crippen LogP contribution is -2.33. The summed E-state index contributed by atoms with van der Waals surface area (Å²) >= 11 is 1.54. The van der Waals surface area contributed by atoms with Crippen LogP contribution in [0.25, 0.3) is 5.69 Å². The first-order valence-electron chi connectivity index (χ1n) is 10.9. The molecule has 6 nitrogen and oxygen atoms in total. The van der Waals surface area contributed by atoms with Gasteiger partial charge in [-0.3, -0.25) is 9.36 Å². The molecule has 2 fully saturated rings. The van der Waals surface area contributed by atoms with Crippen LogP contribution in [0.1, 0.15) is 50.8 Å². The molecule has 1 unspecified atom stereocenters. The Bertz CT molecular complexity index is 847. The summed E-state index contributed by atoms with van der Waals surface area (Å²) < 4.78 is 22.0. The normalized spacial score (nSPS) is 19.8. The van der Waals surface area contributed by atoms with Crippen molar-refractivity contribution in [1.82, 2.24) is 20.1 Å². The highest BCUT2D eigenvalue weighted by atomic mass is 32.2. The Morgan fingerprint density at radius 1 is 1.17 bits per heavy atom. The number of thioether (sulfide) groups is 1. The molecule has 2 heterocycles. The average Bonchev–Trinajstić information content (AvgIpc) is 3.43. The summed E-state index contributed by atoms with van der Waals surface area (Å²) in [6.07, 6.45) is 8.26. The summed E-state index contributed by atoms with van der Waals surface area (Å²) in [7, 11) is 0. The minimum atomic E-state index is -0.316. The lowest BCUT2D eigenvalue weighted by Gasteiger charge is -2.20. The third-order valence-corrected chi connectivity index (χ3v) is 6.90. The molecule has 1 aromatic carbocycles. The number of amides is 1. The van der Waals surface area contributed by atoms with Crippen molar-refractivity contribution in [2.75, 3.05) is 18.9 Å². The van der Waals surface area contributed by atoms with Crippen LogP contribution in [0, 0.1) is 11.7 Å². The Morgan fingerprint density at radius 3 is 2.77 bits per heavy atom. The standard InChI is InChI=1S/C22H29FN4O2S/c23-18-10-4-5-11-19(18)27-20(12-13-24-21(28)16-7-2-1-3-8-16)25-26-22(27)30-15-17-9-6-14-29-17/h4-5,10-11,16-17H,1-3,6-9,12-15H2,(H,24,28). The van der Waals surface area contributed by atoms with Crippen LogP contribution in [0.4, 0.5) is 4.39 Å². The number of ether oxygens (including phenoxy) is 1. The number of hydrogen-bond donors (Lipinski definition) is 1. The van der Waals surface area contributed by atoms with Crippen molar-refractivity contribution in [3.63, 3.8) is 0 Å². The van der Waals surface area contributed by atoms with Crippen LogP contribution in [0.15, 0.2) is 29.4 Å². The fraction of sp³-hybridized carbons (Fsp3) is 0.591. The van der Waals surface area contributed by atoms with Crippen molar-refractivity contribution in [3.8, 4) is 5.69 Å². The highest BCUT2D eigenvalue weighted by Gasteiger charge is 2.23. The van der Waals surface area contributed by atoms with Crippen molar-refractivity contribution in [2.24, 2.45) is 5.92 Å². The maximum absolute atomic E-state index is 14.6. The molecule has 2 aromatic rings. The van der Waals surface area contributed by atoms with Crippen LogP contribution in [-0.2, 0) is 16.0 Å². The number of carbonyl (C=O) groups is 1. The number of benzene rings is 1. The number of para-hydroxylation sites is 1. The zero-order valence-electron chi connectivity index (χ0n) is 17.2. The Kier molecular flexibility index (Phi) is 7.38. The average molecular weight is 433 g/mol. The van der Waals surface area contributed by atoms with Crippen LogP contribution < -0.4 is 5.32 Å². The van der Waals surface area contributed by atoms with Crippen molar-refractivity contribution < 1.29 is 13.9 Å². The molecule has 1 atom stereocenters. The lowest BCUT2D eigenvalue weighted by molar-refractivity contribution is -0.125. The first-order valence-corrected chi connectivity index (χ1v) is 11.9. The molecule has 1 saturated carbocycles. The van der Waals surface area contributed by atoms with Gasteiger partial charge in [-0.1, -0.05) is 43.2 Å². The van der Waals surface area contributed by atoms with E-state index in [1.54, 1.807) is 28.5 Å². The Hall–Kier alpha value is -1.93. The topological polar surface area (TPSA) is 69.0 Å². The Labute approximate surface area is 181 Å². The van der Waals surface area contributed by atoms with Crippen LogP contribution in [0.2, 0.25) is 0 Å². The second kappa shape index (κ2) is 10.4. The predicted molar refractivity (Wildman–Crippen MR) is 114 cm³/mol. The van der Waals surface area contributed by atoms with Gasteiger partial charge in [0.2, 0.25) is 5.91 Å². The van der Waals surface area contributed by atoms with Gasteiger partial charge in [-0.2, -0.15) is 0 Å². The van der Waals surface area contributed by atoms with Gasteiger partial charge in [-0.25, -0.2) is 4.39 Å². The van der Waals surface area contributed by atoms with Crippen molar-refractivity contribution >= 4 is 17.7 Å². The molecule has 2 aliphatic rings. The van der Waals surface area contributed by atoms with E-state index in [1.165, 1.54) is 12.5 Å². The number of nitrogens with one attached hydrogen (secondary N) is 1. The van der Waals surface area contributed by atoms with E-state index in [0.29, 0.717) is 29.6 Å². The largest absolute Gasteiger partial charge is 0.377 e. The molecule has 30 heavy (non-hydrogen) atoms. The van der Waals surface area contributed by atoms with E-state index in [4.69, 9.17) is 4.74 Å². The summed E-state index contributed by atoms with van der Waals surface area (Å²) in [5, 5.41) is 12.3. The van der Waals surface area contributed by atoms with Gasteiger partial charge in [-0.05, 0) is 37.8 Å². The number of hydrogen-bond acceptors (Lipinski definition) is 5. The highest BCUT2D eigenvalue weighted by Crippen LogP contribution is 2.27. The van der Waals surface area contributed by atoms with E-state index in [9.17, 15) is 9.18 Å². The van der Waals surface area contributed by atoms with E-state index in [1.807, 2.05) is 6.07 Å². The molecule has 0 spiro atoms. The maximum atomic E-state index is 14.6. The zero-order valence-corrected chi connectivity index (χ0v) is 18.0. The highest BCUT2D eigenvalue weighted by molar-refractivity contribution is 7.99. The van der Waals surface area contributed by atoms with Crippen LogP contribution in [0.3, 0.4) is 0 Å². The molecule has 8 heteroatoms.